The molecule has 0 spiro atoms. The van der Waals surface area contributed by atoms with Crippen LogP contribution in [0.2, 0.25) is 10.0 Å². The number of rotatable bonds is 9. The Kier molecular flexibility index (Phi) is 11.1. The fourth-order valence-electron chi connectivity index (χ4n) is 6.67. The lowest BCUT2D eigenvalue weighted by molar-refractivity contribution is 0.101. The minimum atomic E-state index is -0.519. The van der Waals surface area contributed by atoms with Gasteiger partial charge in [0.25, 0.3) is 11.8 Å². The van der Waals surface area contributed by atoms with E-state index >= 15 is 0 Å². The monoisotopic (exact) mass is 828 g/mol. The van der Waals surface area contributed by atoms with Gasteiger partial charge in [-0.2, -0.15) is 10.2 Å². The maximum absolute atomic E-state index is 13.6. The Hall–Kier alpha value is -7.40. The highest BCUT2D eigenvalue weighted by molar-refractivity contribution is 6.31. The highest BCUT2D eigenvalue weighted by atomic mass is 35.5. The standard InChI is InChI=1S/C48H34Cl2N6O4/c1-27-23-35(19-21-41(27)49)53-55-43-37-9-5-3-7-31(37)25-39(45(43)57)47(59)51-33-15-11-29(12-16-33)30-13-17-34(18-14-30)52-48(60)40-26-32-8-4-6-10-38(32)44(46(40)58)56-54-36-20-22-42(50)28(2)24-36/h3-26,57-58H,1-2H3,(H,51,59)(H,52,60). The second kappa shape index (κ2) is 16.8. The van der Waals surface area contributed by atoms with Gasteiger partial charge in [0, 0.05) is 32.2 Å². The normalized spacial score (nSPS) is 11.5. The fraction of sp³-hybridized carbons (Fsp3) is 0.0417. The highest BCUT2D eigenvalue weighted by Crippen LogP contribution is 2.41. The van der Waals surface area contributed by atoms with Crippen molar-refractivity contribution in [3.05, 3.63) is 178 Å². The second-order valence-corrected chi connectivity index (χ2v) is 14.8. The van der Waals surface area contributed by atoms with Crippen LogP contribution >= 0.6 is 23.2 Å². The molecule has 0 radical (unpaired) electrons. The average Bonchev–Trinajstić information content (AvgIpc) is 3.25. The zero-order valence-electron chi connectivity index (χ0n) is 32.1. The third kappa shape index (κ3) is 8.28. The Morgan fingerprint density at radius 1 is 0.483 bits per heavy atom. The Bertz CT molecular complexity index is 2830. The molecular weight excluding hydrogens is 795 g/mol. The van der Waals surface area contributed by atoms with Gasteiger partial charge in [-0.25, -0.2) is 0 Å². The van der Waals surface area contributed by atoms with E-state index in [1.54, 1.807) is 72.8 Å². The molecule has 0 aliphatic carbocycles. The van der Waals surface area contributed by atoms with Crippen molar-refractivity contribution >= 4 is 90.7 Å². The van der Waals surface area contributed by atoms with E-state index in [1.807, 2.05) is 86.6 Å². The molecule has 8 aromatic rings. The van der Waals surface area contributed by atoms with Crippen LogP contribution in [0.25, 0.3) is 32.7 Å². The number of nitrogens with zero attached hydrogens (tertiary/aromatic N) is 4. The smallest absolute Gasteiger partial charge is 0.259 e. The largest absolute Gasteiger partial charge is 0.505 e. The highest BCUT2D eigenvalue weighted by Gasteiger charge is 2.20. The minimum Gasteiger partial charge on any atom is -0.505 e. The first-order valence-corrected chi connectivity index (χ1v) is 19.5. The number of halogens is 2. The lowest BCUT2D eigenvalue weighted by atomic mass is 10.0. The number of phenols is 2. The molecule has 294 valence electrons. The van der Waals surface area contributed by atoms with E-state index in [4.69, 9.17) is 23.2 Å². The van der Waals surface area contributed by atoms with Crippen LogP contribution in [0.1, 0.15) is 31.8 Å². The summed E-state index contributed by atoms with van der Waals surface area (Å²) in [5.74, 6) is -1.63. The van der Waals surface area contributed by atoms with Crippen molar-refractivity contribution in [3.8, 4) is 22.6 Å². The molecule has 0 unspecified atom stereocenters. The van der Waals surface area contributed by atoms with Gasteiger partial charge < -0.3 is 20.8 Å². The van der Waals surface area contributed by atoms with Crippen LogP contribution in [0.15, 0.2) is 166 Å². The van der Waals surface area contributed by atoms with Gasteiger partial charge in [-0.1, -0.05) is 96.0 Å². The molecule has 8 rings (SSSR count). The van der Waals surface area contributed by atoms with Crippen molar-refractivity contribution in [3.63, 3.8) is 0 Å². The van der Waals surface area contributed by atoms with Gasteiger partial charge in [-0.15, -0.1) is 10.2 Å². The molecule has 0 saturated heterocycles. The Morgan fingerprint density at radius 2 is 0.867 bits per heavy atom. The van der Waals surface area contributed by atoms with Gasteiger partial charge in [0.2, 0.25) is 0 Å². The summed E-state index contributed by atoms with van der Waals surface area (Å²) in [6.45, 7) is 3.73. The van der Waals surface area contributed by atoms with Crippen LogP contribution in [0.3, 0.4) is 0 Å². The molecule has 8 aromatic carbocycles. The van der Waals surface area contributed by atoms with Crippen molar-refractivity contribution < 1.29 is 19.8 Å². The van der Waals surface area contributed by atoms with Crippen molar-refractivity contribution in [2.24, 2.45) is 20.5 Å². The van der Waals surface area contributed by atoms with Crippen LogP contribution in [0.4, 0.5) is 34.1 Å². The number of azo groups is 2. The summed E-state index contributed by atoms with van der Waals surface area (Å²) in [5.41, 5.74) is 5.95. The molecule has 0 aromatic heterocycles. The van der Waals surface area contributed by atoms with Gasteiger partial charge in [0.05, 0.1) is 22.5 Å². The maximum Gasteiger partial charge on any atom is 0.259 e. The molecule has 2 amide bonds. The number of hydrogen-bond acceptors (Lipinski definition) is 8. The first-order valence-electron chi connectivity index (χ1n) is 18.7. The number of aromatic hydroxyl groups is 2. The van der Waals surface area contributed by atoms with Crippen molar-refractivity contribution in [1.29, 1.82) is 0 Å². The van der Waals surface area contributed by atoms with E-state index in [0.29, 0.717) is 54.3 Å². The molecule has 0 heterocycles. The molecular formula is C48H34Cl2N6O4. The van der Waals surface area contributed by atoms with E-state index in [9.17, 15) is 19.8 Å². The molecule has 0 aliphatic heterocycles. The summed E-state index contributed by atoms with van der Waals surface area (Å²) >= 11 is 12.3. The van der Waals surface area contributed by atoms with Gasteiger partial charge in [0.15, 0.2) is 11.5 Å². The SMILES string of the molecule is Cc1cc(N=Nc2c(O)c(C(=O)Nc3ccc(-c4ccc(NC(=O)c5cc6ccccc6c(N=Nc6ccc(Cl)c(C)c6)c5O)cc4)cc3)cc3ccccc23)ccc1Cl. The number of benzene rings is 8. The minimum absolute atomic E-state index is 0.0438. The quantitative estimate of drug-likeness (QED) is 0.107. The molecule has 4 N–H and O–H groups in total. The number of nitrogens with one attached hydrogen (secondary N) is 2. The van der Waals surface area contributed by atoms with E-state index in [2.05, 4.69) is 31.1 Å². The third-order valence-electron chi connectivity index (χ3n) is 9.91. The molecule has 0 aliphatic rings. The number of fused-ring (bicyclic) bond motifs is 2. The third-order valence-corrected chi connectivity index (χ3v) is 10.8. The molecule has 0 saturated carbocycles. The molecule has 60 heavy (non-hydrogen) atoms. The zero-order valence-corrected chi connectivity index (χ0v) is 33.6. The first-order chi connectivity index (χ1) is 29.0. The van der Waals surface area contributed by atoms with Crippen LogP contribution in [-0.4, -0.2) is 22.0 Å². The molecule has 10 nitrogen and oxygen atoms in total. The summed E-state index contributed by atoms with van der Waals surface area (Å²) in [4.78, 5) is 27.1. The number of anilines is 2. The number of aryl methyl sites for hydroxylation is 2. The van der Waals surface area contributed by atoms with Gasteiger partial charge in [-0.3, -0.25) is 9.59 Å². The summed E-state index contributed by atoms with van der Waals surface area (Å²) in [6.07, 6.45) is 0. The van der Waals surface area contributed by atoms with Crippen molar-refractivity contribution in [2.45, 2.75) is 13.8 Å². The molecule has 0 bridgehead atoms. The lowest BCUT2D eigenvalue weighted by Crippen LogP contribution is -2.12. The lowest BCUT2D eigenvalue weighted by Gasteiger charge is -2.12. The Morgan fingerprint density at radius 3 is 1.25 bits per heavy atom. The fourth-order valence-corrected chi connectivity index (χ4v) is 6.91. The predicted octanol–water partition coefficient (Wildman–Crippen LogP) is 14.3. The molecule has 0 atom stereocenters. The topological polar surface area (TPSA) is 148 Å². The maximum atomic E-state index is 13.6. The number of hydrogen-bond donors (Lipinski definition) is 4. The van der Waals surface area contributed by atoms with Crippen LogP contribution in [-0.2, 0) is 0 Å². The van der Waals surface area contributed by atoms with E-state index in [1.165, 1.54) is 0 Å². The number of carbonyl (C=O) groups excluding carboxylic acids is 2. The van der Waals surface area contributed by atoms with Crippen LogP contribution in [0.5, 0.6) is 11.5 Å². The predicted molar refractivity (Wildman–Crippen MR) is 240 cm³/mol. The average molecular weight is 830 g/mol. The van der Waals surface area contributed by atoms with Crippen LogP contribution < -0.4 is 10.6 Å². The molecule has 0 fully saturated rings. The number of phenolic OH excluding ortho intramolecular Hbond substituents is 2. The summed E-state index contributed by atoms with van der Waals surface area (Å²) in [7, 11) is 0. The van der Waals surface area contributed by atoms with E-state index in [-0.39, 0.29) is 34.0 Å². The number of carbonyl (C=O) groups is 2. The van der Waals surface area contributed by atoms with Crippen molar-refractivity contribution in [2.75, 3.05) is 10.6 Å². The van der Waals surface area contributed by atoms with Gasteiger partial charge >= 0.3 is 0 Å². The van der Waals surface area contributed by atoms with Crippen molar-refractivity contribution in [1.82, 2.24) is 0 Å². The molecule has 12 heteroatoms. The summed E-state index contributed by atoms with van der Waals surface area (Å²) in [6, 6.07) is 42.8. The number of amides is 2. The van der Waals surface area contributed by atoms with Gasteiger partial charge in [-0.05, 0) is 120 Å². The zero-order chi connectivity index (χ0) is 41.9. The first kappa shape index (κ1) is 39.4. The van der Waals surface area contributed by atoms with E-state index in [0.717, 1.165) is 22.3 Å². The second-order valence-electron chi connectivity index (χ2n) is 14.0. The van der Waals surface area contributed by atoms with Crippen LogP contribution in [0, 0.1) is 13.8 Å². The Balaban J connectivity index is 0.972. The summed E-state index contributed by atoms with van der Waals surface area (Å²) < 4.78 is 0. The van der Waals surface area contributed by atoms with E-state index < -0.39 is 11.8 Å². The Labute approximate surface area is 354 Å². The summed E-state index contributed by atoms with van der Waals surface area (Å²) in [5, 5.41) is 49.6. The van der Waals surface area contributed by atoms with Gasteiger partial charge in [0.1, 0.15) is 11.4 Å².